The molecule has 0 fully saturated rings. The van der Waals surface area contributed by atoms with Crippen molar-refractivity contribution in [2.75, 3.05) is 0 Å². The maximum atomic E-state index is 3.09. The number of rotatable bonds is 2. The third kappa shape index (κ3) is 2.94. The summed E-state index contributed by atoms with van der Waals surface area (Å²) >= 11 is 3.09. The van der Waals surface area contributed by atoms with Crippen molar-refractivity contribution in [3.05, 3.63) is 125 Å². The van der Waals surface area contributed by atoms with E-state index < -0.39 is 0 Å². The summed E-state index contributed by atoms with van der Waals surface area (Å²) in [7, 11) is 0. The second kappa shape index (κ2) is 6.85. The van der Waals surface area contributed by atoms with Crippen LogP contribution in [0.5, 0.6) is 0 Å². The molecule has 1 radical (unpaired) electrons. The number of fused-ring (bicyclic) bond motifs is 2. The zero-order chi connectivity index (χ0) is 18.2. The van der Waals surface area contributed by atoms with Crippen LogP contribution in [0.1, 0.15) is 33.7 Å². The van der Waals surface area contributed by atoms with Gasteiger partial charge in [0, 0.05) is 0 Å². The van der Waals surface area contributed by atoms with Gasteiger partial charge in [-0.05, 0) is 0 Å². The molecule has 5 rings (SSSR count). The standard InChI is InChI=1S/C26H19Se/c27-22-15-13-18(14-16-22)23-12-6-10-21-17-20-9-4-5-11-24(20)25(26(21)23)19-7-2-1-3-8-19/h1-16,25H,17H2. The van der Waals surface area contributed by atoms with Gasteiger partial charge in [0.2, 0.25) is 0 Å². The van der Waals surface area contributed by atoms with E-state index >= 15 is 0 Å². The maximum absolute atomic E-state index is 3.09. The van der Waals surface area contributed by atoms with E-state index in [4.69, 9.17) is 0 Å². The summed E-state index contributed by atoms with van der Waals surface area (Å²) in [5.41, 5.74) is 9.75. The molecule has 0 amide bonds. The molecule has 0 nitrogen and oxygen atoms in total. The fraction of sp³-hybridized carbons (Fsp3) is 0.0769. The van der Waals surface area contributed by atoms with Gasteiger partial charge >= 0.3 is 169 Å². The molecular weight excluding hydrogens is 391 g/mol. The van der Waals surface area contributed by atoms with Crippen LogP contribution in [0.15, 0.2) is 97.1 Å². The van der Waals surface area contributed by atoms with Crippen molar-refractivity contribution < 1.29 is 0 Å². The van der Waals surface area contributed by atoms with Crippen LogP contribution in [0.25, 0.3) is 11.1 Å². The molecule has 4 aromatic rings. The Bertz CT molecular complexity index is 1090. The third-order valence-electron chi connectivity index (χ3n) is 5.53. The number of hydrogen-bond donors (Lipinski definition) is 0. The first-order valence-corrected chi connectivity index (χ1v) is 10.2. The quantitative estimate of drug-likeness (QED) is 0.350. The van der Waals surface area contributed by atoms with Gasteiger partial charge in [0.25, 0.3) is 0 Å². The van der Waals surface area contributed by atoms with E-state index in [-0.39, 0.29) is 5.92 Å². The predicted molar refractivity (Wildman–Crippen MR) is 114 cm³/mol. The molecule has 1 aliphatic carbocycles. The molecule has 0 saturated heterocycles. The summed E-state index contributed by atoms with van der Waals surface area (Å²) in [6.45, 7) is 0. The summed E-state index contributed by atoms with van der Waals surface area (Å²) < 4.78 is 1.17. The van der Waals surface area contributed by atoms with Crippen molar-refractivity contribution in [3.63, 3.8) is 0 Å². The molecule has 1 heteroatoms. The second-order valence-electron chi connectivity index (χ2n) is 7.12. The summed E-state index contributed by atoms with van der Waals surface area (Å²) in [5.74, 6) is 0.273. The van der Waals surface area contributed by atoms with E-state index in [0.29, 0.717) is 0 Å². The molecule has 0 spiro atoms. The van der Waals surface area contributed by atoms with Crippen molar-refractivity contribution in [3.8, 4) is 11.1 Å². The topological polar surface area (TPSA) is 0 Å². The van der Waals surface area contributed by atoms with E-state index in [9.17, 15) is 0 Å². The Morgan fingerprint density at radius 1 is 0.630 bits per heavy atom. The monoisotopic (exact) mass is 411 g/mol. The van der Waals surface area contributed by atoms with Crippen molar-refractivity contribution in [2.45, 2.75) is 12.3 Å². The van der Waals surface area contributed by atoms with Crippen molar-refractivity contribution in [2.24, 2.45) is 0 Å². The third-order valence-corrected chi connectivity index (χ3v) is 6.10. The van der Waals surface area contributed by atoms with E-state index in [2.05, 4.69) is 113 Å². The van der Waals surface area contributed by atoms with Crippen LogP contribution in [0.2, 0.25) is 0 Å². The Balaban J connectivity index is 1.79. The molecule has 27 heavy (non-hydrogen) atoms. The Kier molecular flexibility index (Phi) is 4.20. The van der Waals surface area contributed by atoms with Crippen LogP contribution in [0.4, 0.5) is 0 Å². The second-order valence-corrected chi connectivity index (χ2v) is 8.11. The first-order valence-electron chi connectivity index (χ1n) is 9.33. The average Bonchev–Trinajstić information content (AvgIpc) is 2.73. The van der Waals surface area contributed by atoms with Gasteiger partial charge in [-0.1, -0.05) is 0 Å². The van der Waals surface area contributed by atoms with Gasteiger partial charge in [0.1, 0.15) is 0 Å². The molecule has 0 bridgehead atoms. The van der Waals surface area contributed by atoms with Gasteiger partial charge in [0.05, 0.1) is 0 Å². The average molecular weight is 410 g/mol. The van der Waals surface area contributed by atoms with E-state index in [1.165, 1.54) is 43.4 Å². The molecule has 129 valence electrons. The summed E-state index contributed by atoms with van der Waals surface area (Å²) in [6, 6.07) is 35.4. The van der Waals surface area contributed by atoms with Gasteiger partial charge < -0.3 is 0 Å². The Morgan fingerprint density at radius 3 is 2.15 bits per heavy atom. The molecular formula is C26H19Se. The normalized spacial score (nSPS) is 15.0. The van der Waals surface area contributed by atoms with Gasteiger partial charge in [-0.2, -0.15) is 0 Å². The first-order chi connectivity index (χ1) is 13.3. The van der Waals surface area contributed by atoms with E-state index in [1.807, 2.05) is 0 Å². The van der Waals surface area contributed by atoms with E-state index in [0.717, 1.165) is 6.42 Å². The van der Waals surface area contributed by atoms with Crippen LogP contribution < -0.4 is 4.46 Å². The van der Waals surface area contributed by atoms with Gasteiger partial charge in [-0.25, -0.2) is 0 Å². The minimum atomic E-state index is 0.273. The molecule has 1 atom stereocenters. The van der Waals surface area contributed by atoms with Crippen LogP contribution in [0.3, 0.4) is 0 Å². The van der Waals surface area contributed by atoms with Crippen LogP contribution in [-0.2, 0) is 6.42 Å². The Morgan fingerprint density at radius 2 is 1.33 bits per heavy atom. The molecule has 0 saturated carbocycles. The van der Waals surface area contributed by atoms with Crippen LogP contribution in [-0.4, -0.2) is 16.0 Å². The molecule has 1 unspecified atom stereocenters. The fourth-order valence-corrected chi connectivity index (χ4v) is 4.61. The fourth-order valence-electron chi connectivity index (χ4n) is 4.32. The van der Waals surface area contributed by atoms with Gasteiger partial charge in [-0.3, -0.25) is 0 Å². The molecule has 0 aliphatic heterocycles. The van der Waals surface area contributed by atoms with E-state index in [1.54, 1.807) is 0 Å². The van der Waals surface area contributed by atoms with Crippen molar-refractivity contribution >= 4 is 20.5 Å². The molecule has 1 aliphatic rings. The van der Waals surface area contributed by atoms with Crippen LogP contribution >= 0.6 is 0 Å². The van der Waals surface area contributed by atoms with Crippen LogP contribution in [0, 0.1) is 0 Å². The molecule has 0 aromatic heterocycles. The molecule has 4 aromatic carbocycles. The zero-order valence-corrected chi connectivity index (χ0v) is 16.6. The van der Waals surface area contributed by atoms with Gasteiger partial charge in [0.15, 0.2) is 0 Å². The molecule has 0 N–H and O–H groups in total. The summed E-state index contributed by atoms with van der Waals surface area (Å²) in [4.78, 5) is 0. The Labute approximate surface area is 168 Å². The summed E-state index contributed by atoms with van der Waals surface area (Å²) in [5, 5.41) is 0. The molecule has 0 heterocycles. The summed E-state index contributed by atoms with van der Waals surface area (Å²) in [6.07, 6.45) is 1.00. The van der Waals surface area contributed by atoms with Crippen molar-refractivity contribution in [1.82, 2.24) is 0 Å². The number of benzene rings is 4. The first kappa shape index (κ1) is 16.6. The van der Waals surface area contributed by atoms with Crippen molar-refractivity contribution in [1.29, 1.82) is 0 Å². The minimum absolute atomic E-state index is 0.273. The van der Waals surface area contributed by atoms with Gasteiger partial charge in [-0.15, -0.1) is 0 Å². The SMILES string of the molecule is [Se]c1ccc(-c2cccc3c2C(c2ccccc2)c2ccccc2C3)cc1. The predicted octanol–water partition coefficient (Wildman–Crippen LogP) is 5.23. The Hall–Kier alpha value is -2.60. The zero-order valence-electron chi connectivity index (χ0n) is 14.9. The number of hydrogen-bond acceptors (Lipinski definition) is 0.